The van der Waals surface area contributed by atoms with Gasteiger partial charge in [-0.25, -0.2) is 13.2 Å². The van der Waals surface area contributed by atoms with Gasteiger partial charge < -0.3 is 10.8 Å². The molecule has 0 bridgehead atoms. The number of nitrogens with zero attached hydrogens (tertiary/aromatic N) is 1. The maximum atomic E-state index is 12.7. The number of hydrogen-bond donors (Lipinski definition) is 3. The Morgan fingerprint density at radius 3 is 2.37 bits per heavy atom. The summed E-state index contributed by atoms with van der Waals surface area (Å²) in [6.45, 7) is -0.193. The predicted molar refractivity (Wildman–Crippen MR) is 101 cm³/mol. The number of nitrogens with two attached hydrogens (primary N) is 1. The van der Waals surface area contributed by atoms with Crippen molar-refractivity contribution in [2.75, 3.05) is 16.2 Å². The lowest BCUT2D eigenvalue weighted by Crippen LogP contribution is -2.31. The molecule has 2 aromatic rings. The summed E-state index contributed by atoms with van der Waals surface area (Å²) in [5.74, 6) is -1.75. The Bertz CT molecular complexity index is 1040. The summed E-state index contributed by atoms with van der Waals surface area (Å²) in [7, 11) is -4.10. The van der Waals surface area contributed by atoms with Gasteiger partial charge in [0.1, 0.15) is 0 Å². The fourth-order valence-corrected chi connectivity index (χ4v) is 4.72. The standard InChI is InChI=1S/C16H13Cl2N3O5S/c17-8-4-9(18)6-10(5-8)27(25,26)20-12-2-1-3-13-14(12)11(15(19)22)7-21(13)16(23)24/h1-6,11,20H,7H2,(H2,19,22)(H,23,24). The first-order chi connectivity index (χ1) is 12.6. The zero-order valence-corrected chi connectivity index (χ0v) is 15.8. The van der Waals surface area contributed by atoms with E-state index in [2.05, 4.69) is 4.72 Å². The first-order valence-corrected chi connectivity index (χ1v) is 9.75. The Morgan fingerprint density at radius 2 is 1.81 bits per heavy atom. The van der Waals surface area contributed by atoms with Gasteiger partial charge in [0.2, 0.25) is 5.91 Å². The third-order valence-electron chi connectivity index (χ3n) is 4.05. The summed E-state index contributed by atoms with van der Waals surface area (Å²) in [6.07, 6.45) is -1.28. The zero-order chi connectivity index (χ0) is 19.9. The molecule has 0 spiro atoms. The Balaban J connectivity index is 2.09. The summed E-state index contributed by atoms with van der Waals surface area (Å²) in [5, 5.41) is 9.59. The molecule has 0 aromatic heterocycles. The Morgan fingerprint density at radius 1 is 1.19 bits per heavy atom. The molecule has 8 nitrogen and oxygen atoms in total. The number of primary amides is 1. The van der Waals surface area contributed by atoms with Crippen molar-refractivity contribution in [2.24, 2.45) is 5.73 Å². The minimum Gasteiger partial charge on any atom is -0.465 e. The molecule has 0 aliphatic carbocycles. The summed E-state index contributed by atoms with van der Waals surface area (Å²) in [6, 6.07) is 8.18. The third kappa shape index (κ3) is 3.66. The lowest BCUT2D eigenvalue weighted by atomic mass is 9.99. The van der Waals surface area contributed by atoms with E-state index in [-0.39, 0.29) is 38.4 Å². The number of halogens is 2. The summed E-state index contributed by atoms with van der Waals surface area (Å²) < 4.78 is 27.8. The van der Waals surface area contributed by atoms with Crippen molar-refractivity contribution in [3.8, 4) is 0 Å². The number of amides is 2. The van der Waals surface area contributed by atoms with Crippen LogP contribution in [0.3, 0.4) is 0 Å². The second-order valence-electron chi connectivity index (χ2n) is 5.80. The molecule has 2 amide bonds. The van der Waals surface area contributed by atoms with Gasteiger partial charge in [0.15, 0.2) is 0 Å². The lowest BCUT2D eigenvalue weighted by molar-refractivity contribution is -0.119. The maximum Gasteiger partial charge on any atom is 0.411 e. The van der Waals surface area contributed by atoms with Gasteiger partial charge >= 0.3 is 6.09 Å². The van der Waals surface area contributed by atoms with Crippen LogP contribution >= 0.6 is 23.2 Å². The van der Waals surface area contributed by atoms with E-state index in [4.69, 9.17) is 28.9 Å². The summed E-state index contributed by atoms with van der Waals surface area (Å²) in [4.78, 5) is 24.0. The van der Waals surface area contributed by atoms with Crippen molar-refractivity contribution >= 4 is 56.6 Å². The van der Waals surface area contributed by atoms with Gasteiger partial charge in [-0.15, -0.1) is 0 Å². The highest BCUT2D eigenvalue weighted by atomic mass is 35.5. The van der Waals surface area contributed by atoms with E-state index in [1.165, 1.54) is 36.4 Å². The number of fused-ring (bicyclic) bond motifs is 1. The number of sulfonamides is 1. The first kappa shape index (κ1) is 19.3. The molecular formula is C16H13Cl2N3O5S. The highest BCUT2D eigenvalue weighted by molar-refractivity contribution is 7.92. The highest BCUT2D eigenvalue weighted by Gasteiger charge is 2.38. The fourth-order valence-electron chi connectivity index (χ4n) is 2.92. The molecular weight excluding hydrogens is 417 g/mol. The van der Waals surface area contributed by atoms with Gasteiger partial charge in [-0.2, -0.15) is 0 Å². The maximum absolute atomic E-state index is 12.7. The van der Waals surface area contributed by atoms with E-state index in [0.717, 1.165) is 4.90 Å². The SMILES string of the molecule is NC(=O)C1CN(C(=O)O)c2cccc(NS(=O)(=O)c3cc(Cl)cc(Cl)c3)c21. The zero-order valence-electron chi connectivity index (χ0n) is 13.5. The monoisotopic (exact) mass is 429 g/mol. The van der Waals surface area contributed by atoms with Gasteiger partial charge in [-0.3, -0.25) is 14.4 Å². The molecule has 1 aliphatic rings. The van der Waals surface area contributed by atoms with Crippen LogP contribution in [0.5, 0.6) is 0 Å². The van der Waals surface area contributed by atoms with Crippen molar-refractivity contribution in [2.45, 2.75) is 10.8 Å². The van der Waals surface area contributed by atoms with Gasteiger partial charge in [-0.05, 0) is 30.3 Å². The number of hydrogen-bond acceptors (Lipinski definition) is 4. The molecule has 0 fully saturated rings. The molecule has 1 unspecified atom stereocenters. The summed E-state index contributed by atoms with van der Waals surface area (Å²) >= 11 is 11.7. The molecule has 0 saturated carbocycles. The van der Waals surface area contributed by atoms with E-state index in [9.17, 15) is 23.1 Å². The van der Waals surface area contributed by atoms with Crippen molar-refractivity contribution < 1.29 is 23.1 Å². The normalized spacial score (nSPS) is 16.1. The van der Waals surface area contributed by atoms with Crippen LogP contribution in [0.15, 0.2) is 41.3 Å². The second kappa shape index (κ2) is 6.91. The van der Waals surface area contributed by atoms with E-state index in [0.29, 0.717) is 0 Å². The molecule has 142 valence electrons. The number of carbonyl (C=O) groups is 2. The topological polar surface area (TPSA) is 130 Å². The van der Waals surface area contributed by atoms with Crippen LogP contribution in [0, 0.1) is 0 Å². The van der Waals surface area contributed by atoms with Crippen LogP contribution in [-0.4, -0.2) is 32.1 Å². The molecule has 2 aromatic carbocycles. The smallest absolute Gasteiger partial charge is 0.411 e. The largest absolute Gasteiger partial charge is 0.465 e. The van der Waals surface area contributed by atoms with Crippen LogP contribution in [0.25, 0.3) is 0 Å². The Labute approximate surface area is 164 Å². The fraction of sp³-hybridized carbons (Fsp3) is 0.125. The Hall–Kier alpha value is -2.49. The predicted octanol–water partition coefficient (Wildman–Crippen LogP) is 2.86. The van der Waals surface area contributed by atoms with Crippen molar-refractivity contribution in [3.63, 3.8) is 0 Å². The highest BCUT2D eigenvalue weighted by Crippen LogP contribution is 2.41. The van der Waals surface area contributed by atoms with E-state index in [1.54, 1.807) is 0 Å². The van der Waals surface area contributed by atoms with Crippen LogP contribution in [-0.2, 0) is 14.8 Å². The minimum atomic E-state index is -4.10. The van der Waals surface area contributed by atoms with Gasteiger partial charge in [0.25, 0.3) is 10.0 Å². The number of nitrogens with one attached hydrogen (secondary N) is 1. The van der Waals surface area contributed by atoms with Gasteiger partial charge in [0.05, 0.1) is 22.2 Å². The third-order valence-corrected chi connectivity index (χ3v) is 5.83. The minimum absolute atomic E-state index is 0.0520. The molecule has 4 N–H and O–H groups in total. The summed E-state index contributed by atoms with van der Waals surface area (Å²) in [5.41, 5.74) is 5.83. The second-order valence-corrected chi connectivity index (χ2v) is 8.35. The van der Waals surface area contributed by atoms with Crippen molar-refractivity contribution in [1.29, 1.82) is 0 Å². The van der Waals surface area contributed by atoms with Crippen LogP contribution in [0.4, 0.5) is 16.2 Å². The lowest BCUT2D eigenvalue weighted by Gasteiger charge is -2.15. The molecule has 11 heteroatoms. The van der Waals surface area contributed by atoms with Crippen molar-refractivity contribution in [1.82, 2.24) is 0 Å². The molecule has 1 heterocycles. The van der Waals surface area contributed by atoms with E-state index >= 15 is 0 Å². The number of benzene rings is 2. The molecule has 27 heavy (non-hydrogen) atoms. The van der Waals surface area contributed by atoms with Crippen LogP contribution in [0.2, 0.25) is 10.0 Å². The van der Waals surface area contributed by atoms with Crippen LogP contribution in [0.1, 0.15) is 11.5 Å². The molecule has 3 rings (SSSR count). The molecule has 0 radical (unpaired) electrons. The average Bonchev–Trinajstić information content (AvgIpc) is 2.95. The molecule has 1 aliphatic heterocycles. The van der Waals surface area contributed by atoms with Crippen molar-refractivity contribution in [3.05, 3.63) is 52.0 Å². The first-order valence-electron chi connectivity index (χ1n) is 7.52. The van der Waals surface area contributed by atoms with Gasteiger partial charge in [-0.1, -0.05) is 29.3 Å². The molecule has 1 atom stereocenters. The van der Waals surface area contributed by atoms with Crippen LogP contribution < -0.4 is 15.4 Å². The quantitative estimate of drug-likeness (QED) is 0.687. The number of anilines is 2. The van der Waals surface area contributed by atoms with E-state index in [1.807, 2.05) is 0 Å². The number of carboxylic acid groups (broad SMARTS) is 1. The number of rotatable bonds is 4. The average molecular weight is 430 g/mol. The van der Waals surface area contributed by atoms with E-state index < -0.39 is 27.9 Å². The molecule has 0 saturated heterocycles. The Kier molecular flexibility index (Phi) is 4.94. The number of carbonyl (C=O) groups excluding carboxylic acids is 1. The van der Waals surface area contributed by atoms with Gasteiger partial charge in [0, 0.05) is 22.2 Å².